The molecule has 0 radical (unpaired) electrons. The quantitative estimate of drug-likeness (QED) is 0.867. The minimum atomic E-state index is -4.48. The zero-order valence-electron chi connectivity index (χ0n) is 10.5. The number of aromatic nitrogens is 1. The molecule has 7 heteroatoms. The largest absolute Gasteiger partial charge is 0.433 e. The van der Waals surface area contributed by atoms with Crippen LogP contribution in [0.1, 0.15) is 25.5 Å². The normalized spacial score (nSPS) is 13.1. The topological polar surface area (TPSA) is 68.0 Å². The molecule has 0 aliphatic carbocycles. The Kier molecular flexibility index (Phi) is 5.29. The minimum absolute atomic E-state index is 0.202. The smallest absolute Gasteiger partial charge is 0.330 e. The van der Waals surface area contributed by atoms with Gasteiger partial charge in [-0.25, -0.2) is 4.98 Å². The van der Waals surface area contributed by atoms with Gasteiger partial charge in [-0.2, -0.15) is 13.2 Å². The third-order valence-electron chi connectivity index (χ3n) is 2.61. The minimum Gasteiger partial charge on any atom is -0.330 e. The van der Waals surface area contributed by atoms with Gasteiger partial charge in [-0.15, -0.1) is 0 Å². The van der Waals surface area contributed by atoms with Crippen LogP contribution in [0.4, 0.5) is 18.9 Å². The van der Waals surface area contributed by atoms with Crippen molar-refractivity contribution in [3.8, 4) is 0 Å². The fourth-order valence-corrected chi connectivity index (χ4v) is 1.58. The average molecular weight is 275 g/mol. The number of rotatable bonds is 5. The van der Waals surface area contributed by atoms with Gasteiger partial charge in [0.1, 0.15) is 5.69 Å². The van der Waals surface area contributed by atoms with Gasteiger partial charge in [-0.05, 0) is 18.6 Å². The van der Waals surface area contributed by atoms with Crippen molar-refractivity contribution in [2.45, 2.75) is 25.9 Å². The number of hydrogen-bond acceptors (Lipinski definition) is 3. The number of nitrogens with one attached hydrogen (secondary N) is 1. The maximum atomic E-state index is 12.3. The van der Waals surface area contributed by atoms with E-state index in [2.05, 4.69) is 10.3 Å². The number of halogens is 3. The molecule has 1 atom stereocenters. The summed E-state index contributed by atoms with van der Waals surface area (Å²) in [6, 6.07) is 2.00. The molecule has 1 heterocycles. The first-order valence-corrected chi connectivity index (χ1v) is 5.92. The van der Waals surface area contributed by atoms with Crippen LogP contribution in [0.25, 0.3) is 0 Å². The van der Waals surface area contributed by atoms with Gasteiger partial charge in [0.15, 0.2) is 0 Å². The first-order chi connectivity index (χ1) is 8.88. The number of amides is 1. The predicted octanol–water partition coefficient (Wildman–Crippen LogP) is 2.41. The summed E-state index contributed by atoms with van der Waals surface area (Å²) in [4.78, 5) is 15.0. The van der Waals surface area contributed by atoms with Crippen molar-refractivity contribution in [3.05, 3.63) is 24.0 Å². The lowest BCUT2D eigenvalue weighted by atomic mass is 10.0. The maximum Gasteiger partial charge on any atom is 0.433 e. The Morgan fingerprint density at radius 1 is 1.47 bits per heavy atom. The van der Waals surface area contributed by atoms with Gasteiger partial charge >= 0.3 is 6.18 Å². The van der Waals surface area contributed by atoms with Crippen LogP contribution in [-0.2, 0) is 11.0 Å². The second-order valence-corrected chi connectivity index (χ2v) is 4.14. The molecule has 0 saturated carbocycles. The van der Waals surface area contributed by atoms with E-state index in [0.29, 0.717) is 6.42 Å². The first kappa shape index (κ1) is 15.4. The Morgan fingerprint density at radius 2 is 2.16 bits per heavy atom. The number of carbonyl (C=O) groups is 1. The number of anilines is 1. The lowest BCUT2D eigenvalue weighted by Gasteiger charge is -2.14. The maximum absolute atomic E-state index is 12.3. The van der Waals surface area contributed by atoms with E-state index in [1.54, 1.807) is 0 Å². The lowest BCUT2D eigenvalue weighted by molar-refractivity contribution is -0.141. The van der Waals surface area contributed by atoms with Gasteiger partial charge in [0, 0.05) is 6.54 Å². The average Bonchev–Trinajstić information content (AvgIpc) is 2.35. The highest BCUT2D eigenvalue weighted by molar-refractivity contribution is 5.92. The van der Waals surface area contributed by atoms with E-state index in [0.717, 1.165) is 18.7 Å². The van der Waals surface area contributed by atoms with Crippen molar-refractivity contribution in [1.82, 2.24) is 4.98 Å². The Bertz CT molecular complexity index is 417. The molecule has 0 aliphatic rings. The fourth-order valence-electron chi connectivity index (χ4n) is 1.58. The van der Waals surface area contributed by atoms with Crippen molar-refractivity contribution in [1.29, 1.82) is 0 Å². The van der Waals surface area contributed by atoms with Crippen LogP contribution in [0, 0.1) is 5.92 Å². The van der Waals surface area contributed by atoms with Crippen molar-refractivity contribution < 1.29 is 18.0 Å². The van der Waals surface area contributed by atoms with Crippen LogP contribution < -0.4 is 11.1 Å². The Balaban J connectivity index is 2.70. The predicted molar refractivity (Wildman–Crippen MR) is 65.3 cm³/mol. The molecule has 4 nitrogen and oxygen atoms in total. The van der Waals surface area contributed by atoms with Crippen molar-refractivity contribution in [2.24, 2.45) is 11.7 Å². The monoisotopic (exact) mass is 275 g/mol. The van der Waals surface area contributed by atoms with E-state index < -0.39 is 11.9 Å². The SMILES string of the molecule is CCCC(CN)C(=O)Nc1ccc(C(F)(F)F)nc1. The Hall–Kier alpha value is -1.63. The summed E-state index contributed by atoms with van der Waals surface area (Å²) in [5, 5.41) is 2.51. The second-order valence-electron chi connectivity index (χ2n) is 4.14. The summed E-state index contributed by atoms with van der Waals surface area (Å²) >= 11 is 0. The van der Waals surface area contributed by atoms with Crippen molar-refractivity contribution in [2.75, 3.05) is 11.9 Å². The third kappa shape index (κ3) is 4.51. The molecule has 106 valence electrons. The van der Waals surface area contributed by atoms with E-state index in [4.69, 9.17) is 5.73 Å². The molecule has 0 aromatic carbocycles. The molecule has 0 fully saturated rings. The zero-order valence-corrected chi connectivity index (χ0v) is 10.5. The van der Waals surface area contributed by atoms with Gasteiger partial charge in [0.25, 0.3) is 0 Å². The molecule has 0 bridgehead atoms. The van der Waals surface area contributed by atoms with Gasteiger partial charge < -0.3 is 11.1 Å². The van der Waals surface area contributed by atoms with Gasteiger partial charge in [0.2, 0.25) is 5.91 Å². The number of carbonyl (C=O) groups excluding carboxylic acids is 1. The highest BCUT2D eigenvalue weighted by Crippen LogP contribution is 2.27. The fraction of sp³-hybridized carbons (Fsp3) is 0.500. The Labute approximate surface area is 109 Å². The molecule has 0 saturated heterocycles. The zero-order chi connectivity index (χ0) is 14.5. The summed E-state index contributed by atoms with van der Waals surface area (Å²) in [5.41, 5.74) is 4.71. The molecule has 3 N–H and O–H groups in total. The number of hydrogen-bond donors (Lipinski definition) is 2. The van der Waals surface area contributed by atoms with Gasteiger partial charge in [-0.3, -0.25) is 4.79 Å². The van der Waals surface area contributed by atoms with Crippen molar-refractivity contribution in [3.63, 3.8) is 0 Å². The van der Waals surface area contributed by atoms with Crippen LogP contribution in [-0.4, -0.2) is 17.4 Å². The highest BCUT2D eigenvalue weighted by Gasteiger charge is 2.32. The van der Waals surface area contributed by atoms with Gasteiger partial charge in [-0.1, -0.05) is 13.3 Å². The molecule has 1 aromatic rings. The van der Waals surface area contributed by atoms with Crippen LogP contribution in [0.5, 0.6) is 0 Å². The van der Waals surface area contributed by atoms with Crippen LogP contribution in [0.2, 0.25) is 0 Å². The molecule has 0 aliphatic heterocycles. The third-order valence-corrected chi connectivity index (χ3v) is 2.61. The number of alkyl halides is 3. The number of nitrogens with zero attached hydrogens (tertiary/aromatic N) is 1. The van der Waals surface area contributed by atoms with Gasteiger partial charge in [0.05, 0.1) is 17.8 Å². The molecule has 0 spiro atoms. The molecule has 1 aromatic heterocycles. The number of pyridine rings is 1. The van der Waals surface area contributed by atoms with E-state index >= 15 is 0 Å². The molecule has 1 amide bonds. The highest BCUT2D eigenvalue weighted by atomic mass is 19.4. The van der Waals surface area contributed by atoms with Crippen LogP contribution in [0.15, 0.2) is 18.3 Å². The number of nitrogens with two attached hydrogens (primary N) is 1. The second kappa shape index (κ2) is 6.51. The van der Waals surface area contributed by atoms with E-state index in [-0.39, 0.29) is 24.1 Å². The molecule has 19 heavy (non-hydrogen) atoms. The summed E-state index contributed by atoms with van der Waals surface area (Å²) in [5.74, 6) is -0.641. The molecule has 1 rings (SSSR count). The van der Waals surface area contributed by atoms with Crippen LogP contribution >= 0.6 is 0 Å². The molecular formula is C12H16F3N3O. The Morgan fingerprint density at radius 3 is 2.58 bits per heavy atom. The summed E-state index contributed by atoms with van der Waals surface area (Å²) in [7, 11) is 0. The van der Waals surface area contributed by atoms with E-state index in [9.17, 15) is 18.0 Å². The molecular weight excluding hydrogens is 259 g/mol. The summed E-state index contributed by atoms with van der Waals surface area (Å²) in [6.45, 7) is 2.13. The first-order valence-electron chi connectivity index (χ1n) is 5.92. The summed E-state index contributed by atoms with van der Waals surface area (Å²) < 4.78 is 36.9. The van der Waals surface area contributed by atoms with E-state index in [1.807, 2.05) is 6.92 Å². The lowest BCUT2D eigenvalue weighted by Crippen LogP contribution is -2.29. The summed E-state index contributed by atoms with van der Waals surface area (Å²) in [6.07, 6.45) is -2.05. The molecule has 1 unspecified atom stereocenters. The van der Waals surface area contributed by atoms with Crippen LogP contribution in [0.3, 0.4) is 0 Å². The standard InChI is InChI=1S/C12H16F3N3O/c1-2-3-8(6-16)11(19)18-9-4-5-10(17-7-9)12(13,14)15/h4-5,7-8H,2-3,6,16H2,1H3,(H,18,19). The van der Waals surface area contributed by atoms with Crippen molar-refractivity contribution >= 4 is 11.6 Å². The van der Waals surface area contributed by atoms with E-state index in [1.165, 1.54) is 6.07 Å².